The molecular formula is C49H46N2. The van der Waals surface area contributed by atoms with Crippen molar-refractivity contribution in [2.24, 2.45) is 0 Å². The molecule has 0 fully saturated rings. The zero-order valence-electron chi connectivity index (χ0n) is 30.7. The van der Waals surface area contributed by atoms with E-state index in [0.29, 0.717) is 0 Å². The fourth-order valence-electron chi connectivity index (χ4n) is 9.05. The van der Waals surface area contributed by atoms with Crippen LogP contribution in [0.5, 0.6) is 0 Å². The highest BCUT2D eigenvalue weighted by Crippen LogP contribution is 2.51. The molecule has 2 heteroatoms. The highest BCUT2D eigenvalue weighted by Gasteiger charge is 2.38. The van der Waals surface area contributed by atoms with E-state index < -0.39 is 0 Å². The summed E-state index contributed by atoms with van der Waals surface area (Å²) in [5, 5.41) is 2.52. The first-order valence-electron chi connectivity index (χ1n) is 18.5. The molecule has 2 aliphatic heterocycles. The second-order valence-corrected chi connectivity index (χ2v) is 16.3. The molecule has 0 saturated heterocycles. The lowest BCUT2D eigenvalue weighted by atomic mass is 9.81. The van der Waals surface area contributed by atoms with Crippen molar-refractivity contribution in [3.05, 3.63) is 167 Å². The molecule has 0 N–H and O–H groups in total. The Morgan fingerprint density at radius 1 is 0.588 bits per heavy atom. The molecule has 0 unspecified atom stereocenters. The Balaban J connectivity index is 1.06. The maximum absolute atomic E-state index is 2.58. The van der Waals surface area contributed by atoms with Gasteiger partial charge in [0.15, 0.2) is 0 Å². The lowest BCUT2D eigenvalue weighted by Crippen LogP contribution is -2.44. The van der Waals surface area contributed by atoms with Crippen LogP contribution in [-0.2, 0) is 5.41 Å². The molecule has 0 atom stereocenters. The van der Waals surface area contributed by atoms with Gasteiger partial charge in [0.25, 0.3) is 0 Å². The third-order valence-corrected chi connectivity index (χ3v) is 11.7. The summed E-state index contributed by atoms with van der Waals surface area (Å²) in [6.07, 6.45) is 20.6. The number of anilines is 3. The molecule has 0 aromatic heterocycles. The molecule has 0 amide bonds. The normalized spacial score (nSPS) is 19.0. The molecule has 9 rings (SSSR count). The van der Waals surface area contributed by atoms with Gasteiger partial charge in [0.05, 0.1) is 11.1 Å². The van der Waals surface area contributed by atoms with Crippen LogP contribution in [0.4, 0.5) is 17.1 Å². The molecule has 0 spiro atoms. The highest BCUT2D eigenvalue weighted by atomic mass is 15.2. The van der Waals surface area contributed by atoms with Crippen LogP contribution in [0.2, 0.25) is 0 Å². The molecule has 2 nitrogen and oxygen atoms in total. The van der Waals surface area contributed by atoms with E-state index in [9.17, 15) is 0 Å². The number of rotatable bonds is 4. The van der Waals surface area contributed by atoms with E-state index in [-0.39, 0.29) is 16.5 Å². The molecule has 5 aromatic rings. The SMILES string of the molecule is CC1(C)c2cc(/C=C/c3cccc4c(N5c6ccccc6C=CC5(C)C)cccc34)ccc2-c2ccc(N3C4=C(C=CCC4)C=CC3(C)C)cc21. The first-order valence-corrected chi connectivity index (χ1v) is 18.5. The quantitative estimate of drug-likeness (QED) is 0.177. The average molecular weight is 663 g/mol. The van der Waals surface area contributed by atoms with Crippen LogP contribution in [0.25, 0.3) is 40.1 Å². The van der Waals surface area contributed by atoms with Gasteiger partial charge in [-0.25, -0.2) is 0 Å². The van der Waals surface area contributed by atoms with Crippen molar-refractivity contribution in [1.82, 2.24) is 0 Å². The van der Waals surface area contributed by atoms with Gasteiger partial charge in [-0.2, -0.15) is 0 Å². The maximum atomic E-state index is 2.58. The minimum absolute atomic E-state index is 0.0836. The summed E-state index contributed by atoms with van der Waals surface area (Å²) in [7, 11) is 0. The summed E-state index contributed by atoms with van der Waals surface area (Å²) in [6.45, 7) is 14.0. The van der Waals surface area contributed by atoms with Crippen LogP contribution in [0.3, 0.4) is 0 Å². The van der Waals surface area contributed by atoms with Crippen LogP contribution in [0.15, 0.2) is 139 Å². The number of fused-ring (bicyclic) bond motifs is 5. The topological polar surface area (TPSA) is 6.48 Å². The van der Waals surface area contributed by atoms with E-state index in [1.807, 2.05) is 0 Å². The smallest absolute Gasteiger partial charge is 0.0581 e. The first kappa shape index (κ1) is 31.6. The van der Waals surface area contributed by atoms with Gasteiger partial charge < -0.3 is 9.80 Å². The van der Waals surface area contributed by atoms with Crippen LogP contribution in [0.1, 0.15) is 82.2 Å². The van der Waals surface area contributed by atoms with Gasteiger partial charge in [-0.1, -0.05) is 135 Å². The minimum Gasteiger partial charge on any atom is -0.335 e. The molecule has 0 saturated carbocycles. The third-order valence-electron chi connectivity index (χ3n) is 11.7. The zero-order chi connectivity index (χ0) is 35.1. The summed E-state index contributed by atoms with van der Waals surface area (Å²) < 4.78 is 0. The Hall–Kier alpha value is -5.34. The number of hydrogen-bond acceptors (Lipinski definition) is 2. The first-order chi connectivity index (χ1) is 24.5. The third kappa shape index (κ3) is 4.99. The number of allylic oxidation sites excluding steroid dienone is 5. The Labute approximate surface area is 303 Å². The molecule has 0 radical (unpaired) electrons. The van der Waals surface area contributed by atoms with E-state index in [1.54, 1.807) is 0 Å². The highest BCUT2D eigenvalue weighted by molar-refractivity contribution is 6.03. The fraction of sp³-hybridized carbons (Fsp3) is 0.224. The van der Waals surface area contributed by atoms with Gasteiger partial charge >= 0.3 is 0 Å². The van der Waals surface area contributed by atoms with Crippen LogP contribution >= 0.6 is 0 Å². The average Bonchev–Trinajstić information content (AvgIpc) is 3.35. The Morgan fingerprint density at radius 3 is 2.16 bits per heavy atom. The number of hydrogen-bond donors (Lipinski definition) is 0. The second kappa shape index (κ2) is 11.3. The van der Waals surface area contributed by atoms with E-state index in [2.05, 4.69) is 197 Å². The van der Waals surface area contributed by atoms with Crippen LogP contribution < -0.4 is 9.80 Å². The molecule has 4 aliphatic rings. The van der Waals surface area contributed by atoms with Crippen LogP contribution in [0, 0.1) is 0 Å². The lowest BCUT2D eigenvalue weighted by molar-refractivity contribution is 0.578. The second-order valence-electron chi connectivity index (χ2n) is 16.3. The van der Waals surface area contributed by atoms with Gasteiger partial charge in [0.2, 0.25) is 0 Å². The predicted octanol–water partition coefficient (Wildman–Crippen LogP) is 13.0. The van der Waals surface area contributed by atoms with Gasteiger partial charge in [0, 0.05) is 33.6 Å². The fourth-order valence-corrected chi connectivity index (χ4v) is 9.05. The van der Waals surface area contributed by atoms with Crippen molar-refractivity contribution in [3.63, 3.8) is 0 Å². The van der Waals surface area contributed by atoms with Crippen LogP contribution in [-0.4, -0.2) is 11.1 Å². The van der Waals surface area contributed by atoms with Crippen molar-refractivity contribution in [2.75, 3.05) is 9.80 Å². The molecule has 2 heterocycles. The molecule has 2 aliphatic carbocycles. The van der Waals surface area contributed by atoms with Gasteiger partial charge in [-0.05, 0) is 115 Å². The largest absolute Gasteiger partial charge is 0.335 e. The zero-order valence-corrected chi connectivity index (χ0v) is 30.7. The van der Waals surface area contributed by atoms with E-state index in [1.165, 1.54) is 78.0 Å². The molecule has 51 heavy (non-hydrogen) atoms. The number of benzene rings is 5. The molecule has 5 aromatic carbocycles. The summed E-state index contributed by atoms with van der Waals surface area (Å²) >= 11 is 0. The van der Waals surface area contributed by atoms with E-state index >= 15 is 0 Å². The summed E-state index contributed by atoms with van der Waals surface area (Å²) in [5.74, 6) is 0. The summed E-state index contributed by atoms with van der Waals surface area (Å²) in [5.41, 5.74) is 15.4. The van der Waals surface area contributed by atoms with Gasteiger partial charge in [-0.3, -0.25) is 0 Å². The van der Waals surface area contributed by atoms with Crippen molar-refractivity contribution < 1.29 is 0 Å². The van der Waals surface area contributed by atoms with Gasteiger partial charge in [-0.15, -0.1) is 0 Å². The van der Waals surface area contributed by atoms with Crippen molar-refractivity contribution in [1.29, 1.82) is 0 Å². The Morgan fingerprint density at radius 2 is 1.29 bits per heavy atom. The standard InChI is InChI=1S/C49H46N2/c1-47(2)29-27-35-13-7-9-18-44(35)50(47)37-24-26-40-39-25-22-33(31-42(39)49(5,6)43(40)32-37)21-23-34-15-11-17-41-38(34)16-12-20-46(41)51-45-19-10-8-14-36(45)28-30-48(51,3)4/h7-8,10-17,19-32H,9,18H2,1-6H3/b23-21+. The minimum atomic E-state index is -0.154. The lowest BCUT2D eigenvalue weighted by Gasteiger charge is -2.44. The molecule has 252 valence electrons. The van der Waals surface area contributed by atoms with E-state index in [4.69, 9.17) is 0 Å². The van der Waals surface area contributed by atoms with Crippen molar-refractivity contribution in [2.45, 2.75) is 70.9 Å². The van der Waals surface area contributed by atoms with Crippen molar-refractivity contribution in [3.8, 4) is 11.1 Å². The number of nitrogens with zero attached hydrogens (tertiary/aromatic N) is 2. The monoisotopic (exact) mass is 662 g/mol. The van der Waals surface area contributed by atoms with Crippen molar-refractivity contribution >= 4 is 46.1 Å². The van der Waals surface area contributed by atoms with E-state index in [0.717, 1.165) is 12.8 Å². The summed E-state index contributed by atoms with van der Waals surface area (Å²) in [4.78, 5) is 5.07. The van der Waals surface area contributed by atoms with Gasteiger partial charge in [0.1, 0.15) is 0 Å². The maximum Gasteiger partial charge on any atom is 0.0581 e. The molecular weight excluding hydrogens is 617 g/mol. The Kier molecular flexibility index (Phi) is 7.03. The Bertz CT molecular complexity index is 2410. The molecule has 0 bridgehead atoms. The summed E-state index contributed by atoms with van der Waals surface area (Å²) in [6, 6.07) is 36.4. The number of para-hydroxylation sites is 1. The predicted molar refractivity (Wildman–Crippen MR) is 220 cm³/mol.